The lowest BCUT2D eigenvalue weighted by atomic mass is 10.1. The molecule has 2 N–H and O–H groups in total. The zero-order chi connectivity index (χ0) is 21.7. The van der Waals surface area contributed by atoms with Crippen molar-refractivity contribution in [2.45, 2.75) is 17.4 Å². The topological polar surface area (TPSA) is 75.3 Å². The van der Waals surface area contributed by atoms with Crippen molar-refractivity contribution in [1.29, 1.82) is 0 Å². The van der Waals surface area contributed by atoms with Crippen molar-refractivity contribution in [2.75, 3.05) is 5.32 Å². The Kier molecular flexibility index (Phi) is 7.55. The molecule has 3 aromatic rings. The molecule has 0 unspecified atom stereocenters. The van der Waals surface area contributed by atoms with Gasteiger partial charge in [-0.3, -0.25) is 4.79 Å². The molecule has 0 aliphatic carbocycles. The number of carbonyl (C=O) groups excluding carboxylic acids is 1. The fourth-order valence-electron chi connectivity index (χ4n) is 2.76. The minimum absolute atomic E-state index is 0.0577. The second-order valence-electron chi connectivity index (χ2n) is 6.46. The lowest BCUT2D eigenvalue weighted by molar-refractivity contribution is -0.117. The molecule has 1 atom stereocenters. The molecule has 0 saturated heterocycles. The van der Waals surface area contributed by atoms with Crippen LogP contribution in [0.5, 0.6) is 0 Å². The highest BCUT2D eigenvalue weighted by Crippen LogP contribution is 2.23. The number of anilines is 1. The van der Waals surface area contributed by atoms with Gasteiger partial charge in [-0.05, 0) is 54.4 Å². The summed E-state index contributed by atoms with van der Waals surface area (Å²) >= 11 is 15.3. The zero-order valence-corrected chi connectivity index (χ0v) is 19.4. The van der Waals surface area contributed by atoms with Gasteiger partial charge < -0.3 is 5.32 Å². The lowest BCUT2D eigenvalue weighted by Crippen LogP contribution is -2.45. The molecule has 0 spiro atoms. The largest absolute Gasteiger partial charge is 0.325 e. The third-order valence-electron chi connectivity index (χ3n) is 4.15. The number of hydrogen-bond acceptors (Lipinski definition) is 3. The van der Waals surface area contributed by atoms with Crippen LogP contribution >= 0.6 is 39.1 Å². The molecule has 0 aromatic heterocycles. The molecule has 0 radical (unpaired) electrons. The third kappa shape index (κ3) is 6.30. The van der Waals surface area contributed by atoms with Crippen LogP contribution in [0.1, 0.15) is 5.56 Å². The molecule has 0 aliphatic rings. The highest BCUT2D eigenvalue weighted by atomic mass is 79.9. The third-order valence-corrected chi connectivity index (χ3v) is 6.60. The average molecular weight is 528 g/mol. The van der Waals surface area contributed by atoms with Gasteiger partial charge in [-0.2, -0.15) is 4.72 Å². The van der Waals surface area contributed by atoms with Gasteiger partial charge in [0.15, 0.2) is 0 Å². The van der Waals surface area contributed by atoms with Gasteiger partial charge in [0, 0.05) is 20.2 Å². The van der Waals surface area contributed by atoms with Crippen molar-refractivity contribution in [3.8, 4) is 0 Å². The van der Waals surface area contributed by atoms with Gasteiger partial charge in [0.2, 0.25) is 15.9 Å². The standard InChI is InChI=1S/C21H17BrCl2N2O3S/c22-15-6-8-19(9-7-15)30(28,29)26-20(10-14-4-2-1-3-5-14)21(27)25-18-12-16(23)11-17(24)13-18/h1-9,11-13,20,26H,10H2,(H,25,27)/t20-/m0/s1. The molecule has 5 nitrogen and oxygen atoms in total. The van der Waals surface area contributed by atoms with Crippen molar-refractivity contribution in [1.82, 2.24) is 4.72 Å². The summed E-state index contributed by atoms with van der Waals surface area (Å²) in [6, 6.07) is 18.9. The predicted octanol–water partition coefficient (Wildman–Crippen LogP) is 5.28. The molecule has 3 aromatic carbocycles. The summed E-state index contributed by atoms with van der Waals surface area (Å²) in [4.78, 5) is 13.0. The Hall–Kier alpha value is -1.90. The van der Waals surface area contributed by atoms with E-state index in [-0.39, 0.29) is 11.3 Å². The number of nitrogens with one attached hydrogen (secondary N) is 2. The van der Waals surface area contributed by atoms with E-state index >= 15 is 0 Å². The monoisotopic (exact) mass is 526 g/mol. The lowest BCUT2D eigenvalue weighted by Gasteiger charge is -2.19. The summed E-state index contributed by atoms with van der Waals surface area (Å²) in [6.45, 7) is 0. The number of halogens is 3. The quantitative estimate of drug-likeness (QED) is 0.438. The van der Waals surface area contributed by atoms with E-state index in [4.69, 9.17) is 23.2 Å². The van der Waals surface area contributed by atoms with Crippen LogP contribution in [0.15, 0.2) is 82.2 Å². The van der Waals surface area contributed by atoms with Crippen LogP contribution < -0.4 is 10.0 Å². The molecule has 9 heteroatoms. The van der Waals surface area contributed by atoms with Gasteiger partial charge in [0.1, 0.15) is 6.04 Å². The molecular weight excluding hydrogens is 511 g/mol. The van der Waals surface area contributed by atoms with E-state index in [1.165, 1.54) is 30.3 Å². The van der Waals surface area contributed by atoms with Crippen molar-refractivity contribution in [2.24, 2.45) is 0 Å². The van der Waals surface area contributed by atoms with E-state index in [1.54, 1.807) is 12.1 Å². The number of benzene rings is 3. The maximum Gasteiger partial charge on any atom is 0.242 e. The van der Waals surface area contributed by atoms with E-state index in [1.807, 2.05) is 30.3 Å². The van der Waals surface area contributed by atoms with Gasteiger partial charge in [0.25, 0.3) is 0 Å². The first-order chi connectivity index (χ1) is 14.2. The molecule has 156 valence electrons. The fraction of sp³-hybridized carbons (Fsp3) is 0.0952. The first kappa shape index (κ1) is 22.8. The minimum Gasteiger partial charge on any atom is -0.325 e. The van der Waals surface area contributed by atoms with Gasteiger partial charge in [-0.15, -0.1) is 0 Å². The Morgan fingerprint density at radius 3 is 2.13 bits per heavy atom. The summed E-state index contributed by atoms with van der Waals surface area (Å²) in [7, 11) is -3.93. The molecule has 1 amide bonds. The fourth-order valence-corrected chi connectivity index (χ4v) is 4.75. The van der Waals surface area contributed by atoms with E-state index in [2.05, 4.69) is 26.0 Å². The van der Waals surface area contributed by atoms with Gasteiger partial charge in [0.05, 0.1) is 4.90 Å². The summed E-state index contributed by atoms with van der Waals surface area (Å²) in [5.74, 6) is -0.530. The van der Waals surface area contributed by atoms with Crippen LogP contribution in [0.4, 0.5) is 5.69 Å². The molecule has 30 heavy (non-hydrogen) atoms. The summed E-state index contributed by atoms with van der Waals surface area (Å²) in [5.41, 5.74) is 1.18. The van der Waals surface area contributed by atoms with Crippen LogP contribution in [-0.4, -0.2) is 20.4 Å². The predicted molar refractivity (Wildman–Crippen MR) is 123 cm³/mol. The van der Waals surface area contributed by atoms with E-state index in [9.17, 15) is 13.2 Å². The van der Waals surface area contributed by atoms with Gasteiger partial charge in [-0.25, -0.2) is 8.42 Å². The Morgan fingerprint density at radius 2 is 1.53 bits per heavy atom. The summed E-state index contributed by atoms with van der Waals surface area (Å²) in [6.07, 6.45) is 0.163. The van der Waals surface area contributed by atoms with Crippen molar-refractivity contribution >= 4 is 60.7 Å². The number of amides is 1. The number of hydrogen-bond donors (Lipinski definition) is 2. The Bertz CT molecular complexity index is 1120. The van der Waals surface area contributed by atoms with Crippen LogP contribution in [0, 0.1) is 0 Å². The van der Waals surface area contributed by atoms with E-state index in [0.717, 1.165) is 10.0 Å². The number of sulfonamides is 1. The van der Waals surface area contributed by atoms with Crippen LogP contribution in [0.3, 0.4) is 0 Å². The van der Waals surface area contributed by atoms with Crippen LogP contribution in [0.25, 0.3) is 0 Å². The molecule has 0 bridgehead atoms. The van der Waals surface area contributed by atoms with Crippen molar-refractivity contribution in [3.05, 3.63) is 92.9 Å². The van der Waals surface area contributed by atoms with E-state index in [0.29, 0.717) is 15.7 Å². The summed E-state index contributed by atoms with van der Waals surface area (Å²) in [5, 5.41) is 3.39. The molecule has 3 rings (SSSR count). The maximum atomic E-state index is 13.0. The first-order valence-corrected chi connectivity index (χ1v) is 11.8. The summed E-state index contributed by atoms with van der Waals surface area (Å²) < 4.78 is 29.0. The van der Waals surface area contributed by atoms with Gasteiger partial charge >= 0.3 is 0 Å². The number of rotatable bonds is 7. The first-order valence-electron chi connectivity index (χ1n) is 8.82. The molecule has 0 heterocycles. The zero-order valence-electron chi connectivity index (χ0n) is 15.5. The smallest absolute Gasteiger partial charge is 0.242 e. The molecular formula is C21H17BrCl2N2O3S. The Morgan fingerprint density at radius 1 is 0.933 bits per heavy atom. The Labute approximate surface area is 193 Å². The van der Waals surface area contributed by atoms with Crippen molar-refractivity contribution in [3.63, 3.8) is 0 Å². The minimum atomic E-state index is -3.93. The van der Waals surface area contributed by atoms with Crippen molar-refractivity contribution < 1.29 is 13.2 Å². The number of carbonyl (C=O) groups is 1. The highest BCUT2D eigenvalue weighted by Gasteiger charge is 2.26. The SMILES string of the molecule is O=C(Nc1cc(Cl)cc(Cl)c1)[C@H](Cc1ccccc1)NS(=O)(=O)c1ccc(Br)cc1. The molecule has 0 saturated carbocycles. The average Bonchev–Trinajstić information content (AvgIpc) is 2.67. The normalized spacial score (nSPS) is 12.4. The maximum absolute atomic E-state index is 13.0. The second-order valence-corrected chi connectivity index (χ2v) is 9.97. The second kappa shape index (κ2) is 9.94. The van der Waals surface area contributed by atoms with Crippen LogP contribution in [-0.2, 0) is 21.2 Å². The van der Waals surface area contributed by atoms with Crippen LogP contribution in [0.2, 0.25) is 10.0 Å². The molecule has 0 aliphatic heterocycles. The molecule has 0 fully saturated rings. The highest BCUT2D eigenvalue weighted by molar-refractivity contribution is 9.10. The van der Waals surface area contributed by atoms with E-state index < -0.39 is 22.0 Å². The van der Waals surface area contributed by atoms with Gasteiger partial charge in [-0.1, -0.05) is 69.5 Å². The Balaban J connectivity index is 1.87.